The molecule has 0 unspecified atom stereocenters. The zero-order valence-corrected chi connectivity index (χ0v) is 15.5. The van der Waals surface area contributed by atoms with Gasteiger partial charge in [-0.15, -0.1) is 0 Å². The number of halogens is 3. The van der Waals surface area contributed by atoms with Gasteiger partial charge in [-0.05, 0) is 50.3 Å². The monoisotopic (exact) mass is 371 g/mol. The number of rotatable bonds is 7. The van der Waals surface area contributed by atoms with E-state index in [2.05, 4.69) is 5.16 Å². The molecule has 1 N–H and O–H groups in total. The van der Waals surface area contributed by atoms with Gasteiger partial charge in [-0.1, -0.05) is 31.8 Å². The molecule has 0 atom stereocenters. The van der Waals surface area contributed by atoms with E-state index in [1.807, 2.05) is 13.8 Å². The predicted octanol–water partition coefficient (Wildman–Crippen LogP) is 5.40. The van der Waals surface area contributed by atoms with Crippen LogP contribution in [0, 0.1) is 5.41 Å². The third-order valence-electron chi connectivity index (χ3n) is 4.56. The third-order valence-corrected chi connectivity index (χ3v) is 4.56. The molecular weight excluding hydrogens is 347 g/mol. The minimum absolute atomic E-state index is 0.0405. The third kappa shape index (κ3) is 3.86. The Balaban J connectivity index is 2.78. The van der Waals surface area contributed by atoms with Gasteiger partial charge in [0, 0.05) is 5.56 Å². The first-order valence-corrected chi connectivity index (χ1v) is 8.76. The number of aryl methyl sites for hydroxylation is 2. The van der Waals surface area contributed by atoms with Crippen LogP contribution < -0.4 is 0 Å². The van der Waals surface area contributed by atoms with E-state index in [1.165, 1.54) is 6.07 Å². The van der Waals surface area contributed by atoms with Crippen molar-refractivity contribution in [3.8, 4) is 0 Å². The summed E-state index contributed by atoms with van der Waals surface area (Å²) in [5.74, 6) is -0.948. The average Bonchev–Trinajstić information content (AvgIpc) is 2.94. The molecule has 26 heavy (non-hydrogen) atoms. The van der Waals surface area contributed by atoms with Crippen molar-refractivity contribution in [1.82, 2.24) is 5.16 Å². The molecule has 0 bridgehead atoms. The van der Waals surface area contributed by atoms with Gasteiger partial charge in [0.25, 0.3) is 0 Å². The average molecular weight is 371 g/mol. The van der Waals surface area contributed by atoms with Gasteiger partial charge in [0.05, 0.1) is 10.8 Å². The van der Waals surface area contributed by atoms with Gasteiger partial charge in [0.15, 0.2) is 11.3 Å². The normalized spacial score (nSPS) is 12.7. The van der Waals surface area contributed by atoms with Gasteiger partial charge >= 0.3 is 12.1 Å². The predicted molar refractivity (Wildman–Crippen MR) is 92.1 cm³/mol. The first-order valence-electron chi connectivity index (χ1n) is 8.76. The van der Waals surface area contributed by atoms with Crippen LogP contribution in [0.2, 0.25) is 0 Å². The molecule has 4 nitrogen and oxygen atoms in total. The summed E-state index contributed by atoms with van der Waals surface area (Å²) < 4.78 is 44.9. The van der Waals surface area contributed by atoms with Gasteiger partial charge in [-0.3, -0.25) is 4.79 Å². The molecule has 0 spiro atoms. The first kappa shape index (κ1) is 20.3. The van der Waals surface area contributed by atoms with Gasteiger partial charge in [0.1, 0.15) is 0 Å². The van der Waals surface area contributed by atoms with Crippen LogP contribution in [0.1, 0.15) is 62.9 Å². The Morgan fingerprint density at radius 2 is 1.77 bits per heavy atom. The van der Waals surface area contributed by atoms with Crippen LogP contribution in [0.4, 0.5) is 13.2 Å². The van der Waals surface area contributed by atoms with Crippen LogP contribution in [0.25, 0.3) is 11.0 Å². The maximum absolute atomic E-state index is 13.3. The minimum atomic E-state index is -4.60. The summed E-state index contributed by atoms with van der Waals surface area (Å²) in [7, 11) is 0. The van der Waals surface area contributed by atoms with Crippen LogP contribution in [0.15, 0.2) is 10.6 Å². The minimum Gasteiger partial charge on any atom is -0.481 e. The van der Waals surface area contributed by atoms with Crippen molar-refractivity contribution in [3.63, 3.8) is 0 Å². The highest BCUT2D eigenvalue weighted by molar-refractivity contribution is 5.86. The molecule has 0 fully saturated rings. The van der Waals surface area contributed by atoms with Crippen LogP contribution in [-0.4, -0.2) is 16.2 Å². The highest BCUT2D eigenvalue weighted by Crippen LogP contribution is 2.39. The molecule has 2 rings (SSSR count). The van der Waals surface area contributed by atoms with Crippen molar-refractivity contribution in [2.75, 3.05) is 0 Å². The number of fused-ring (bicyclic) bond motifs is 1. The van der Waals surface area contributed by atoms with Crippen molar-refractivity contribution in [2.45, 2.75) is 66.0 Å². The number of aliphatic carboxylic acids is 1. The molecule has 7 heteroatoms. The van der Waals surface area contributed by atoms with Crippen molar-refractivity contribution in [3.05, 3.63) is 28.5 Å². The molecule has 0 aliphatic carbocycles. The lowest BCUT2D eigenvalue weighted by Gasteiger charge is -2.23. The summed E-state index contributed by atoms with van der Waals surface area (Å²) in [6.45, 7) is 7.10. The van der Waals surface area contributed by atoms with Crippen molar-refractivity contribution < 1.29 is 27.6 Å². The summed E-state index contributed by atoms with van der Waals surface area (Å²) in [4.78, 5) is 11.6. The van der Waals surface area contributed by atoms with Crippen molar-refractivity contribution in [2.24, 2.45) is 5.41 Å². The second kappa shape index (κ2) is 7.29. The molecule has 0 saturated heterocycles. The number of aromatic nitrogens is 1. The number of nitrogens with zero attached hydrogens (tertiary/aromatic N) is 1. The molecular formula is C19H24F3NO3. The van der Waals surface area contributed by atoms with Gasteiger partial charge in [0.2, 0.25) is 0 Å². The number of hydrogen-bond acceptors (Lipinski definition) is 3. The Bertz CT molecular complexity index is 806. The van der Waals surface area contributed by atoms with E-state index in [4.69, 9.17) is 4.52 Å². The standard InChI is InChI=1S/C19H24F3NO3/c1-5-7-11-9-13-15(26-23-16(13)19(20,21)22)12(8-6-2)14(11)10-18(3,4)17(24)25/h9H,5-8,10H2,1-4H3,(H,24,25). The van der Waals surface area contributed by atoms with Gasteiger partial charge in [-0.25, -0.2) is 0 Å². The quantitative estimate of drug-likeness (QED) is 0.707. The Hall–Kier alpha value is -2.05. The van der Waals surface area contributed by atoms with E-state index in [0.29, 0.717) is 24.8 Å². The molecule has 1 heterocycles. The van der Waals surface area contributed by atoms with Gasteiger partial charge < -0.3 is 9.63 Å². The van der Waals surface area contributed by atoms with E-state index in [9.17, 15) is 23.1 Å². The molecule has 0 amide bonds. The maximum Gasteiger partial charge on any atom is 0.437 e. The summed E-state index contributed by atoms with van der Waals surface area (Å²) >= 11 is 0. The Labute approximate surface area is 150 Å². The number of carbonyl (C=O) groups is 1. The van der Waals surface area contributed by atoms with E-state index >= 15 is 0 Å². The fourth-order valence-corrected chi connectivity index (χ4v) is 3.19. The number of alkyl halides is 3. The highest BCUT2D eigenvalue weighted by Gasteiger charge is 2.38. The van der Waals surface area contributed by atoms with Crippen LogP contribution in [-0.2, 0) is 30.2 Å². The summed E-state index contributed by atoms with van der Waals surface area (Å²) in [5.41, 5.74) is 0.225. The molecule has 2 aromatic rings. The highest BCUT2D eigenvalue weighted by atomic mass is 19.4. The molecule has 0 aliphatic rings. The SMILES string of the molecule is CCCc1cc2c(C(F)(F)F)noc2c(CCC)c1CC(C)(C)C(=O)O. The Morgan fingerprint density at radius 3 is 2.27 bits per heavy atom. The summed E-state index contributed by atoms with van der Waals surface area (Å²) in [6.07, 6.45) is -1.85. The van der Waals surface area contributed by atoms with Crippen molar-refractivity contribution >= 4 is 16.9 Å². The summed E-state index contributed by atoms with van der Waals surface area (Å²) in [6, 6.07) is 1.48. The Morgan fingerprint density at radius 1 is 1.15 bits per heavy atom. The second-order valence-corrected chi connectivity index (χ2v) is 7.26. The topological polar surface area (TPSA) is 63.3 Å². The number of benzene rings is 1. The van der Waals surface area contributed by atoms with E-state index in [1.54, 1.807) is 13.8 Å². The largest absolute Gasteiger partial charge is 0.481 e. The number of hydrogen-bond donors (Lipinski definition) is 1. The fraction of sp³-hybridized carbons (Fsp3) is 0.579. The smallest absolute Gasteiger partial charge is 0.437 e. The second-order valence-electron chi connectivity index (χ2n) is 7.26. The van der Waals surface area contributed by atoms with E-state index in [0.717, 1.165) is 17.5 Å². The fourth-order valence-electron chi connectivity index (χ4n) is 3.19. The first-order chi connectivity index (χ1) is 12.0. The molecule has 1 aromatic carbocycles. The maximum atomic E-state index is 13.3. The number of carboxylic acids is 1. The Kier molecular flexibility index (Phi) is 5.68. The zero-order valence-electron chi connectivity index (χ0n) is 15.5. The lowest BCUT2D eigenvalue weighted by atomic mass is 9.80. The molecule has 1 aromatic heterocycles. The van der Waals surface area contributed by atoms with E-state index < -0.39 is 23.3 Å². The van der Waals surface area contributed by atoms with Gasteiger partial charge in [-0.2, -0.15) is 13.2 Å². The molecule has 0 aliphatic heterocycles. The summed E-state index contributed by atoms with van der Waals surface area (Å²) in [5, 5.41) is 12.7. The van der Waals surface area contributed by atoms with Crippen LogP contribution >= 0.6 is 0 Å². The lowest BCUT2D eigenvalue weighted by molar-refractivity contribution is -0.146. The molecule has 144 valence electrons. The van der Waals surface area contributed by atoms with Crippen LogP contribution in [0.5, 0.6) is 0 Å². The lowest BCUT2D eigenvalue weighted by Crippen LogP contribution is -2.27. The molecule has 0 saturated carbocycles. The van der Waals surface area contributed by atoms with Crippen LogP contribution in [0.3, 0.4) is 0 Å². The van der Waals surface area contributed by atoms with E-state index in [-0.39, 0.29) is 17.4 Å². The molecule has 0 radical (unpaired) electrons. The zero-order chi connectivity index (χ0) is 19.7. The van der Waals surface area contributed by atoms with Crippen molar-refractivity contribution in [1.29, 1.82) is 0 Å². The number of carboxylic acid groups (broad SMARTS) is 1.